The third-order valence-corrected chi connectivity index (χ3v) is 7.33. The van der Waals surface area contributed by atoms with Crippen LogP contribution in [0, 0.1) is 0 Å². The number of aromatic nitrogens is 1. The number of hydrogen-bond acceptors (Lipinski definition) is 6. The summed E-state index contributed by atoms with van der Waals surface area (Å²) in [5.74, 6) is -0.674. The van der Waals surface area contributed by atoms with Gasteiger partial charge in [-0.05, 0) is 32.4 Å². The second-order valence-electron chi connectivity index (χ2n) is 6.02. The SMILES string of the molecule is CCC(NC(=O)C1(S(C)(=O)=O)CCNCC1)c1nc(C(F)(F)F)cs1.Cl. The molecule has 0 aromatic carbocycles. The van der Waals surface area contributed by atoms with Gasteiger partial charge in [-0.1, -0.05) is 6.92 Å². The van der Waals surface area contributed by atoms with Crippen LogP contribution in [-0.2, 0) is 20.8 Å². The zero-order valence-corrected chi connectivity index (χ0v) is 16.7. The molecule has 2 N–H and O–H groups in total. The van der Waals surface area contributed by atoms with E-state index < -0.39 is 38.4 Å². The van der Waals surface area contributed by atoms with Crippen LogP contribution in [-0.4, -0.2) is 43.4 Å². The number of nitrogens with one attached hydrogen (secondary N) is 2. The zero-order chi connectivity index (χ0) is 18.9. The maximum absolute atomic E-state index is 12.7. The van der Waals surface area contributed by atoms with Crippen LogP contribution in [0.2, 0.25) is 0 Å². The van der Waals surface area contributed by atoms with E-state index in [0.29, 0.717) is 19.5 Å². The molecule has 2 rings (SSSR count). The molecule has 0 spiro atoms. The minimum absolute atomic E-state index is 0. The largest absolute Gasteiger partial charge is 0.434 e. The van der Waals surface area contributed by atoms with Gasteiger partial charge in [0.15, 0.2) is 20.3 Å². The maximum Gasteiger partial charge on any atom is 0.434 e. The molecule has 0 radical (unpaired) electrons. The van der Waals surface area contributed by atoms with Crippen LogP contribution in [0.5, 0.6) is 0 Å². The van der Waals surface area contributed by atoms with Crippen LogP contribution in [0.4, 0.5) is 13.2 Å². The van der Waals surface area contributed by atoms with E-state index in [1.807, 2.05) is 0 Å². The lowest BCUT2D eigenvalue weighted by Crippen LogP contribution is -2.57. The summed E-state index contributed by atoms with van der Waals surface area (Å²) in [5, 5.41) is 6.61. The lowest BCUT2D eigenvalue weighted by Gasteiger charge is -2.35. The van der Waals surface area contributed by atoms with Gasteiger partial charge in [0.1, 0.15) is 5.01 Å². The molecule has 1 saturated heterocycles. The third kappa shape index (κ3) is 4.68. The van der Waals surface area contributed by atoms with Crippen LogP contribution >= 0.6 is 23.7 Å². The molecule has 1 aliphatic rings. The Balaban J connectivity index is 0.00000338. The normalized spacial score (nSPS) is 18.7. The minimum atomic E-state index is -4.56. The molecule has 0 bridgehead atoms. The van der Waals surface area contributed by atoms with Gasteiger partial charge in [-0.15, -0.1) is 23.7 Å². The van der Waals surface area contributed by atoms with Crippen molar-refractivity contribution in [2.45, 2.75) is 43.2 Å². The second-order valence-corrected chi connectivity index (χ2v) is 9.23. The quantitative estimate of drug-likeness (QED) is 0.741. The molecule has 2 heterocycles. The molecule has 1 aliphatic heterocycles. The highest BCUT2D eigenvalue weighted by Gasteiger charge is 2.49. The van der Waals surface area contributed by atoms with Crippen molar-refractivity contribution in [2.75, 3.05) is 19.3 Å². The van der Waals surface area contributed by atoms with Crippen molar-refractivity contribution >= 4 is 39.5 Å². The van der Waals surface area contributed by atoms with E-state index in [2.05, 4.69) is 15.6 Å². The summed E-state index contributed by atoms with van der Waals surface area (Å²) in [6.45, 7) is 2.45. The molecule has 1 aromatic rings. The van der Waals surface area contributed by atoms with Crippen molar-refractivity contribution in [1.29, 1.82) is 0 Å². The summed E-state index contributed by atoms with van der Waals surface area (Å²) in [4.78, 5) is 16.3. The Morgan fingerprint density at radius 1 is 1.42 bits per heavy atom. The van der Waals surface area contributed by atoms with E-state index in [1.165, 1.54) is 0 Å². The van der Waals surface area contributed by atoms with Crippen molar-refractivity contribution in [3.63, 3.8) is 0 Å². The lowest BCUT2D eigenvalue weighted by atomic mass is 9.95. The fourth-order valence-corrected chi connectivity index (χ4v) is 5.10. The number of thiazole rings is 1. The first-order valence-electron chi connectivity index (χ1n) is 7.75. The predicted octanol–water partition coefficient (Wildman–Crippen LogP) is 2.32. The number of rotatable bonds is 5. The second kappa shape index (κ2) is 8.41. The molecular weight excluding hydrogens is 415 g/mol. The summed E-state index contributed by atoms with van der Waals surface area (Å²) >= 11 is 0.797. The predicted molar refractivity (Wildman–Crippen MR) is 95.2 cm³/mol. The van der Waals surface area contributed by atoms with Gasteiger partial charge in [0.25, 0.3) is 0 Å². The van der Waals surface area contributed by atoms with Crippen molar-refractivity contribution in [3.05, 3.63) is 16.1 Å². The van der Waals surface area contributed by atoms with E-state index in [9.17, 15) is 26.4 Å². The third-order valence-electron chi connectivity index (χ3n) is 4.36. The number of amides is 1. The molecule has 1 fully saturated rings. The fraction of sp³-hybridized carbons (Fsp3) is 0.714. The average Bonchev–Trinajstić information content (AvgIpc) is 3.02. The number of carbonyl (C=O) groups is 1. The van der Waals surface area contributed by atoms with Gasteiger partial charge >= 0.3 is 6.18 Å². The van der Waals surface area contributed by atoms with Gasteiger partial charge in [0.05, 0.1) is 6.04 Å². The molecule has 1 atom stereocenters. The molecule has 0 saturated carbocycles. The summed E-state index contributed by atoms with van der Waals surface area (Å²) in [6, 6.07) is -0.762. The summed E-state index contributed by atoms with van der Waals surface area (Å²) in [7, 11) is -3.69. The van der Waals surface area contributed by atoms with Gasteiger partial charge < -0.3 is 10.6 Å². The van der Waals surface area contributed by atoms with Crippen LogP contribution in [0.25, 0.3) is 0 Å². The molecule has 1 unspecified atom stereocenters. The molecule has 6 nitrogen and oxygen atoms in total. The van der Waals surface area contributed by atoms with Crippen molar-refractivity contribution in [2.24, 2.45) is 0 Å². The Morgan fingerprint density at radius 2 is 2.00 bits per heavy atom. The molecular formula is C14H21ClF3N3O3S2. The fourth-order valence-electron chi connectivity index (χ4n) is 2.80. The molecule has 1 aromatic heterocycles. The van der Waals surface area contributed by atoms with Crippen molar-refractivity contribution in [3.8, 4) is 0 Å². The van der Waals surface area contributed by atoms with Gasteiger partial charge in [-0.25, -0.2) is 13.4 Å². The number of nitrogens with zero attached hydrogens (tertiary/aromatic N) is 1. The van der Waals surface area contributed by atoms with E-state index in [4.69, 9.17) is 0 Å². The van der Waals surface area contributed by atoms with Crippen LogP contribution in [0.15, 0.2) is 5.38 Å². The van der Waals surface area contributed by atoms with Gasteiger partial charge in [0.2, 0.25) is 5.91 Å². The van der Waals surface area contributed by atoms with Gasteiger partial charge in [-0.3, -0.25) is 4.79 Å². The number of carbonyl (C=O) groups excluding carboxylic acids is 1. The smallest absolute Gasteiger partial charge is 0.345 e. The van der Waals surface area contributed by atoms with Gasteiger partial charge in [0, 0.05) is 11.6 Å². The van der Waals surface area contributed by atoms with Crippen LogP contribution < -0.4 is 10.6 Å². The summed E-state index contributed by atoms with van der Waals surface area (Å²) in [6.07, 6.45) is -2.99. The van der Waals surface area contributed by atoms with E-state index >= 15 is 0 Å². The number of halogens is 4. The first-order valence-corrected chi connectivity index (χ1v) is 10.5. The topological polar surface area (TPSA) is 88.2 Å². The van der Waals surface area contributed by atoms with Gasteiger partial charge in [-0.2, -0.15) is 13.2 Å². The van der Waals surface area contributed by atoms with E-state index in [0.717, 1.165) is 23.0 Å². The zero-order valence-electron chi connectivity index (χ0n) is 14.2. The van der Waals surface area contributed by atoms with Crippen LogP contribution in [0.1, 0.15) is 42.9 Å². The molecule has 12 heteroatoms. The van der Waals surface area contributed by atoms with Crippen molar-refractivity contribution < 1.29 is 26.4 Å². The Bertz CT molecular complexity index is 731. The Kier molecular flexibility index (Phi) is 7.48. The highest BCUT2D eigenvalue weighted by Crippen LogP contribution is 2.33. The Labute approximate surface area is 160 Å². The lowest BCUT2D eigenvalue weighted by molar-refractivity contribution is -0.140. The summed E-state index contributed by atoms with van der Waals surface area (Å²) < 4.78 is 61.1. The number of sulfone groups is 1. The van der Waals surface area contributed by atoms with Crippen molar-refractivity contribution in [1.82, 2.24) is 15.6 Å². The summed E-state index contributed by atoms with van der Waals surface area (Å²) in [5.41, 5.74) is -1.01. The number of hydrogen-bond donors (Lipinski definition) is 2. The molecule has 0 aliphatic carbocycles. The monoisotopic (exact) mass is 435 g/mol. The van der Waals surface area contributed by atoms with E-state index in [1.54, 1.807) is 6.92 Å². The molecule has 1 amide bonds. The maximum atomic E-state index is 12.7. The molecule has 150 valence electrons. The first kappa shape index (κ1) is 23.1. The standard InChI is InChI=1S/C14H20F3N3O3S2.ClH/c1-3-9(11-20-10(8-24-11)14(15,16)17)19-12(21)13(25(2,22)23)4-6-18-7-5-13;/h8-9,18H,3-7H2,1-2H3,(H,19,21);1H. The van der Waals surface area contributed by atoms with E-state index in [-0.39, 0.29) is 30.3 Å². The number of alkyl halides is 3. The Hall–Kier alpha value is -0.910. The number of piperidine rings is 1. The highest BCUT2D eigenvalue weighted by atomic mass is 35.5. The Morgan fingerprint density at radius 3 is 2.42 bits per heavy atom. The minimum Gasteiger partial charge on any atom is -0.345 e. The first-order chi connectivity index (χ1) is 11.5. The van der Waals surface area contributed by atoms with Crippen LogP contribution in [0.3, 0.4) is 0 Å². The molecule has 26 heavy (non-hydrogen) atoms. The average molecular weight is 436 g/mol. The highest BCUT2D eigenvalue weighted by molar-refractivity contribution is 7.92.